The number of ether oxygens (including phenoxy) is 1. The lowest BCUT2D eigenvalue weighted by Crippen LogP contribution is -2.32. The Labute approximate surface area is 149 Å². The molecular formula is C18H20N4O4. The SMILES string of the molecule is Cc1ccccc1-c1cc([C@@H]2O[C@H](CO)[C@@H](O)[C@H]2O)n2ncnc(N)c12. The van der Waals surface area contributed by atoms with Crippen molar-refractivity contribution in [2.45, 2.75) is 31.3 Å². The minimum absolute atomic E-state index is 0.302. The molecule has 136 valence electrons. The fraction of sp³-hybridized carbons (Fsp3) is 0.333. The van der Waals surface area contributed by atoms with Crippen LogP contribution in [0.4, 0.5) is 5.82 Å². The Morgan fingerprint density at radius 2 is 1.96 bits per heavy atom. The summed E-state index contributed by atoms with van der Waals surface area (Å²) in [4.78, 5) is 4.08. The van der Waals surface area contributed by atoms with Crippen LogP contribution < -0.4 is 5.73 Å². The van der Waals surface area contributed by atoms with Gasteiger partial charge in [-0.25, -0.2) is 9.50 Å². The highest BCUT2D eigenvalue weighted by atomic mass is 16.6. The van der Waals surface area contributed by atoms with E-state index >= 15 is 0 Å². The molecule has 0 amide bonds. The van der Waals surface area contributed by atoms with Crippen LogP contribution in [0.3, 0.4) is 0 Å². The van der Waals surface area contributed by atoms with E-state index in [0.29, 0.717) is 17.0 Å². The number of anilines is 1. The van der Waals surface area contributed by atoms with Gasteiger partial charge in [0, 0.05) is 5.56 Å². The first kappa shape index (κ1) is 16.9. The molecule has 0 saturated carbocycles. The summed E-state index contributed by atoms with van der Waals surface area (Å²) in [6.45, 7) is 1.60. The second-order valence-electron chi connectivity index (χ2n) is 6.46. The molecule has 1 saturated heterocycles. The van der Waals surface area contributed by atoms with Crippen molar-refractivity contribution in [3.05, 3.63) is 47.9 Å². The molecule has 1 aliphatic rings. The molecule has 1 fully saturated rings. The third-order valence-electron chi connectivity index (χ3n) is 4.88. The first-order chi connectivity index (χ1) is 12.5. The number of benzene rings is 1. The van der Waals surface area contributed by atoms with Gasteiger partial charge in [0.15, 0.2) is 5.82 Å². The number of hydrogen-bond acceptors (Lipinski definition) is 7. The van der Waals surface area contributed by atoms with Crippen LogP contribution in [0.2, 0.25) is 0 Å². The van der Waals surface area contributed by atoms with E-state index in [0.717, 1.165) is 16.7 Å². The number of aromatic nitrogens is 3. The van der Waals surface area contributed by atoms with Crippen molar-refractivity contribution < 1.29 is 20.1 Å². The first-order valence-electron chi connectivity index (χ1n) is 8.33. The normalized spacial score (nSPS) is 25.8. The van der Waals surface area contributed by atoms with Crippen molar-refractivity contribution in [3.8, 4) is 11.1 Å². The zero-order valence-corrected chi connectivity index (χ0v) is 14.1. The van der Waals surface area contributed by atoms with Gasteiger partial charge >= 0.3 is 0 Å². The maximum Gasteiger partial charge on any atom is 0.151 e. The van der Waals surface area contributed by atoms with Gasteiger partial charge in [0.25, 0.3) is 0 Å². The Balaban J connectivity index is 1.93. The lowest BCUT2D eigenvalue weighted by Gasteiger charge is -2.14. The van der Waals surface area contributed by atoms with Crippen molar-refractivity contribution in [1.82, 2.24) is 14.6 Å². The molecule has 4 rings (SSSR count). The molecule has 0 radical (unpaired) electrons. The van der Waals surface area contributed by atoms with Gasteiger partial charge in [-0.1, -0.05) is 24.3 Å². The van der Waals surface area contributed by atoms with Crippen LogP contribution in [0, 0.1) is 6.92 Å². The highest BCUT2D eigenvalue weighted by Gasteiger charge is 2.44. The van der Waals surface area contributed by atoms with Gasteiger partial charge in [-0.2, -0.15) is 5.10 Å². The van der Waals surface area contributed by atoms with Gasteiger partial charge in [0.1, 0.15) is 36.3 Å². The third kappa shape index (κ3) is 2.46. The van der Waals surface area contributed by atoms with Crippen LogP contribution in [-0.2, 0) is 4.74 Å². The molecule has 2 aromatic heterocycles. The van der Waals surface area contributed by atoms with Gasteiger partial charge in [-0.3, -0.25) is 0 Å². The van der Waals surface area contributed by atoms with Crippen LogP contribution in [0.1, 0.15) is 17.4 Å². The summed E-state index contributed by atoms with van der Waals surface area (Å²) in [7, 11) is 0. The van der Waals surface area contributed by atoms with Crippen molar-refractivity contribution in [1.29, 1.82) is 0 Å². The number of aryl methyl sites for hydroxylation is 1. The number of hydrogen-bond donors (Lipinski definition) is 4. The zero-order valence-electron chi connectivity index (χ0n) is 14.1. The molecule has 0 bridgehead atoms. The van der Waals surface area contributed by atoms with E-state index in [9.17, 15) is 15.3 Å². The maximum absolute atomic E-state index is 10.4. The number of aliphatic hydroxyl groups excluding tert-OH is 3. The smallest absolute Gasteiger partial charge is 0.151 e. The summed E-state index contributed by atoms with van der Waals surface area (Å²) in [5.41, 5.74) is 10.1. The van der Waals surface area contributed by atoms with E-state index < -0.39 is 24.4 Å². The standard InChI is InChI=1S/C18H20N4O4/c1-9-4-2-3-5-10(9)11-6-12(22-14(11)18(19)20-8-21-22)17-16(25)15(24)13(7-23)26-17/h2-6,8,13,15-17,23-25H,7H2,1H3,(H2,19,20,21)/t13-,15-,16-,17+/m1/s1. The zero-order chi connectivity index (χ0) is 18.4. The maximum atomic E-state index is 10.4. The highest BCUT2D eigenvalue weighted by molar-refractivity contribution is 5.89. The summed E-state index contributed by atoms with van der Waals surface area (Å²) in [5.74, 6) is 0.302. The molecule has 26 heavy (non-hydrogen) atoms. The molecule has 4 atom stereocenters. The average molecular weight is 356 g/mol. The largest absolute Gasteiger partial charge is 0.394 e. The summed E-state index contributed by atoms with van der Waals surface area (Å²) >= 11 is 0. The number of nitrogens with two attached hydrogens (primary N) is 1. The Hall–Kier alpha value is -2.52. The Bertz CT molecular complexity index is 958. The minimum Gasteiger partial charge on any atom is -0.394 e. The predicted octanol–water partition coefficient (Wildman–Crippen LogP) is 0.441. The van der Waals surface area contributed by atoms with E-state index in [1.165, 1.54) is 6.33 Å². The van der Waals surface area contributed by atoms with Crippen molar-refractivity contribution in [2.75, 3.05) is 12.3 Å². The lowest BCUT2D eigenvalue weighted by atomic mass is 10.0. The fourth-order valence-electron chi connectivity index (χ4n) is 3.52. The molecule has 1 aromatic carbocycles. The molecular weight excluding hydrogens is 336 g/mol. The molecule has 8 heteroatoms. The van der Waals surface area contributed by atoms with Gasteiger partial charge in [0.05, 0.1) is 12.3 Å². The summed E-state index contributed by atoms with van der Waals surface area (Å²) < 4.78 is 7.25. The fourth-order valence-corrected chi connectivity index (χ4v) is 3.52. The number of nitrogens with zero attached hydrogens (tertiary/aromatic N) is 3. The van der Waals surface area contributed by atoms with Crippen LogP contribution in [0.15, 0.2) is 36.7 Å². The molecule has 1 aliphatic heterocycles. The Morgan fingerprint density at radius 1 is 1.19 bits per heavy atom. The van der Waals surface area contributed by atoms with Crippen LogP contribution in [-0.4, -0.2) is 54.8 Å². The Kier molecular flexibility index (Phi) is 4.12. The second-order valence-corrected chi connectivity index (χ2v) is 6.46. The summed E-state index contributed by atoms with van der Waals surface area (Å²) in [6.07, 6.45) is -2.75. The topological polar surface area (TPSA) is 126 Å². The summed E-state index contributed by atoms with van der Waals surface area (Å²) in [5, 5.41) is 34.1. The molecule has 3 aromatic rings. The number of fused-ring (bicyclic) bond motifs is 1. The number of nitrogen functional groups attached to an aromatic ring is 1. The number of rotatable bonds is 3. The van der Waals surface area contributed by atoms with Crippen molar-refractivity contribution in [2.24, 2.45) is 0 Å². The molecule has 0 spiro atoms. The van der Waals surface area contributed by atoms with E-state index in [4.69, 9.17) is 10.5 Å². The molecule has 8 nitrogen and oxygen atoms in total. The van der Waals surface area contributed by atoms with Crippen LogP contribution in [0.5, 0.6) is 0 Å². The first-order valence-corrected chi connectivity index (χ1v) is 8.33. The molecule has 5 N–H and O–H groups in total. The Morgan fingerprint density at radius 3 is 2.65 bits per heavy atom. The van der Waals surface area contributed by atoms with Crippen LogP contribution >= 0.6 is 0 Å². The monoisotopic (exact) mass is 356 g/mol. The van der Waals surface area contributed by atoms with Gasteiger partial charge < -0.3 is 25.8 Å². The van der Waals surface area contributed by atoms with E-state index in [1.54, 1.807) is 4.52 Å². The quantitative estimate of drug-likeness (QED) is 0.536. The van der Waals surface area contributed by atoms with Gasteiger partial charge in [-0.05, 0) is 24.1 Å². The van der Waals surface area contributed by atoms with Crippen LogP contribution in [0.25, 0.3) is 16.6 Å². The molecule has 0 unspecified atom stereocenters. The average Bonchev–Trinajstić information content (AvgIpc) is 3.15. The summed E-state index contributed by atoms with van der Waals surface area (Å²) in [6, 6.07) is 9.67. The predicted molar refractivity (Wildman–Crippen MR) is 94.3 cm³/mol. The van der Waals surface area contributed by atoms with E-state index in [1.807, 2.05) is 37.3 Å². The molecule has 0 aliphatic carbocycles. The second kappa shape index (κ2) is 6.33. The minimum atomic E-state index is -1.19. The van der Waals surface area contributed by atoms with Gasteiger partial charge in [0.2, 0.25) is 0 Å². The third-order valence-corrected chi connectivity index (χ3v) is 4.88. The van der Waals surface area contributed by atoms with Crippen molar-refractivity contribution in [3.63, 3.8) is 0 Å². The lowest BCUT2D eigenvalue weighted by molar-refractivity contribution is -0.0244. The molecule has 3 heterocycles. The van der Waals surface area contributed by atoms with E-state index in [-0.39, 0.29) is 6.61 Å². The van der Waals surface area contributed by atoms with Gasteiger partial charge in [-0.15, -0.1) is 0 Å². The highest BCUT2D eigenvalue weighted by Crippen LogP contribution is 2.39. The number of aliphatic hydroxyl groups is 3. The van der Waals surface area contributed by atoms with Crippen molar-refractivity contribution >= 4 is 11.3 Å². The van der Waals surface area contributed by atoms with E-state index in [2.05, 4.69) is 10.1 Å².